The van der Waals surface area contributed by atoms with E-state index in [0.717, 1.165) is 18.0 Å². The van der Waals surface area contributed by atoms with E-state index in [0.29, 0.717) is 39.0 Å². The summed E-state index contributed by atoms with van der Waals surface area (Å²) in [5, 5.41) is 11.1. The number of carbonyl (C=O) groups is 1. The van der Waals surface area contributed by atoms with Crippen LogP contribution in [0.4, 0.5) is 8.78 Å². The minimum atomic E-state index is -0.503. The third kappa shape index (κ3) is 3.02. The maximum absolute atomic E-state index is 14.2. The third-order valence-corrected chi connectivity index (χ3v) is 5.04. The molecule has 1 N–H and O–H groups in total. The molecule has 1 amide bonds. The zero-order chi connectivity index (χ0) is 17.4. The summed E-state index contributed by atoms with van der Waals surface area (Å²) in [5.74, 6) is -0.414. The van der Waals surface area contributed by atoms with Crippen molar-refractivity contribution in [3.63, 3.8) is 0 Å². The maximum atomic E-state index is 14.2. The predicted octanol–water partition coefficient (Wildman–Crippen LogP) is 1.29. The summed E-state index contributed by atoms with van der Waals surface area (Å²) in [6, 6.07) is 2.89. The molecule has 1 aromatic heterocycles. The third-order valence-electron chi connectivity index (χ3n) is 5.04. The normalized spacial score (nSPS) is 23.4. The molecule has 6 nitrogen and oxygen atoms in total. The van der Waals surface area contributed by atoms with Crippen LogP contribution in [0.5, 0.6) is 0 Å². The second-order valence-corrected chi connectivity index (χ2v) is 6.55. The molecular weight excluding hydrogens is 328 g/mol. The highest BCUT2D eigenvalue weighted by Crippen LogP contribution is 2.29. The summed E-state index contributed by atoms with van der Waals surface area (Å²) in [5.41, 5.74) is 0.222. The molecular formula is C17H19F2N5O. The first-order chi connectivity index (χ1) is 12.1. The summed E-state index contributed by atoms with van der Waals surface area (Å²) in [7, 11) is 0. The van der Waals surface area contributed by atoms with Crippen LogP contribution < -0.4 is 5.32 Å². The fourth-order valence-corrected chi connectivity index (χ4v) is 3.70. The van der Waals surface area contributed by atoms with Crippen LogP contribution in [0.3, 0.4) is 0 Å². The van der Waals surface area contributed by atoms with Gasteiger partial charge in [-0.05, 0) is 24.6 Å². The number of hydrogen-bond acceptors (Lipinski definition) is 4. The van der Waals surface area contributed by atoms with Crippen LogP contribution in [-0.2, 0) is 17.8 Å². The van der Waals surface area contributed by atoms with Crippen molar-refractivity contribution in [3.8, 4) is 0 Å². The first-order valence-corrected chi connectivity index (χ1v) is 8.46. The van der Waals surface area contributed by atoms with Gasteiger partial charge in [0.25, 0.3) is 0 Å². The van der Waals surface area contributed by atoms with Crippen LogP contribution >= 0.6 is 0 Å². The second kappa shape index (κ2) is 6.51. The van der Waals surface area contributed by atoms with Crippen molar-refractivity contribution < 1.29 is 13.6 Å². The van der Waals surface area contributed by atoms with Crippen LogP contribution in [-0.4, -0.2) is 45.2 Å². The number of halogens is 2. The number of aryl methyl sites for hydroxylation is 1. The molecule has 1 saturated heterocycles. The lowest BCUT2D eigenvalue weighted by Crippen LogP contribution is -2.51. The Kier molecular flexibility index (Phi) is 4.20. The number of rotatable bonds is 2. The van der Waals surface area contributed by atoms with Crippen LogP contribution in [0.25, 0.3) is 0 Å². The van der Waals surface area contributed by atoms with Crippen LogP contribution in [0, 0.1) is 17.6 Å². The highest BCUT2D eigenvalue weighted by Gasteiger charge is 2.35. The first-order valence-electron chi connectivity index (χ1n) is 8.46. The van der Waals surface area contributed by atoms with Crippen LogP contribution in [0.1, 0.15) is 23.9 Å². The summed E-state index contributed by atoms with van der Waals surface area (Å²) in [4.78, 5) is 14.8. The summed E-state index contributed by atoms with van der Waals surface area (Å²) < 4.78 is 29.8. The Morgan fingerprint density at radius 1 is 1.28 bits per heavy atom. The Labute approximate surface area is 143 Å². The molecule has 132 valence electrons. The second-order valence-electron chi connectivity index (χ2n) is 6.55. The van der Waals surface area contributed by atoms with Gasteiger partial charge < -0.3 is 14.8 Å². The average molecular weight is 347 g/mol. The van der Waals surface area contributed by atoms with Gasteiger partial charge in [-0.1, -0.05) is 0 Å². The topological polar surface area (TPSA) is 63.1 Å². The van der Waals surface area contributed by atoms with Crippen molar-refractivity contribution in [3.05, 3.63) is 47.5 Å². The van der Waals surface area contributed by atoms with E-state index in [1.165, 1.54) is 6.07 Å². The van der Waals surface area contributed by atoms with Gasteiger partial charge in [0, 0.05) is 44.1 Å². The van der Waals surface area contributed by atoms with E-state index in [4.69, 9.17) is 0 Å². The van der Waals surface area contributed by atoms with Gasteiger partial charge in [0.2, 0.25) is 5.91 Å². The van der Waals surface area contributed by atoms with Crippen molar-refractivity contribution in [2.24, 2.45) is 5.92 Å². The van der Waals surface area contributed by atoms with Gasteiger partial charge in [-0.2, -0.15) is 0 Å². The van der Waals surface area contributed by atoms with E-state index in [1.54, 1.807) is 11.2 Å². The number of amides is 1. The zero-order valence-electron chi connectivity index (χ0n) is 13.7. The van der Waals surface area contributed by atoms with Gasteiger partial charge in [-0.3, -0.25) is 4.79 Å². The van der Waals surface area contributed by atoms with E-state index in [1.807, 2.05) is 4.57 Å². The van der Waals surface area contributed by atoms with Crippen molar-refractivity contribution in [1.82, 2.24) is 25.0 Å². The minimum Gasteiger partial charge on any atom is -0.333 e. The summed E-state index contributed by atoms with van der Waals surface area (Å²) in [6.45, 7) is 2.23. The Balaban J connectivity index is 1.59. The zero-order valence-corrected chi connectivity index (χ0v) is 13.7. The fourth-order valence-electron chi connectivity index (χ4n) is 3.70. The fraction of sp³-hybridized carbons (Fsp3) is 0.471. The molecule has 0 bridgehead atoms. The van der Waals surface area contributed by atoms with Gasteiger partial charge in [-0.25, -0.2) is 8.78 Å². The smallest absolute Gasteiger partial charge is 0.226 e. The van der Waals surface area contributed by atoms with Crippen molar-refractivity contribution >= 4 is 5.91 Å². The van der Waals surface area contributed by atoms with Crippen molar-refractivity contribution in [2.75, 3.05) is 19.6 Å². The Morgan fingerprint density at radius 2 is 2.16 bits per heavy atom. The molecule has 25 heavy (non-hydrogen) atoms. The van der Waals surface area contributed by atoms with Gasteiger partial charge in [0.15, 0.2) is 0 Å². The Hall–Kier alpha value is -2.35. The number of aromatic nitrogens is 3. The highest BCUT2D eigenvalue weighted by molar-refractivity contribution is 5.80. The Bertz CT molecular complexity index is 793. The number of hydrogen-bond donors (Lipinski definition) is 1. The van der Waals surface area contributed by atoms with Crippen LogP contribution in [0.15, 0.2) is 24.5 Å². The molecule has 0 radical (unpaired) electrons. The predicted molar refractivity (Wildman–Crippen MR) is 85.5 cm³/mol. The molecule has 0 saturated carbocycles. The monoisotopic (exact) mass is 347 g/mol. The lowest BCUT2D eigenvalue weighted by molar-refractivity contribution is -0.139. The van der Waals surface area contributed by atoms with Crippen molar-refractivity contribution in [2.45, 2.75) is 25.4 Å². The Morgan fingerprint density at radius 3 is 3.04 bits per heavy atom. The molecule has 3 heterocycles. The molecule has 1 fully saturated rings. The van der Waals surface area contributed by atoms with E-state index in [9.17, 15) is 13.6 Å². The average Bonchev–Trinajstić information content (AvgIpc) is 3.11. The molecule has 2 aromatic rings. The number of carbonyl (C=O) groups excluding carboxylic acids is 1. The molecule has 2 unspecified atom stereocenters. The molecule has 4 rings (SSSR count). The highest BCUT2D eigenvalue weighted by atomic mass is 19.1. The maximum Gasteiger partial charge on any atom is 0.226 e. The summed E-state index contributed by atoms with van der Waals surface area (Å²) >= 11 is 0. The van der Waals surface area contributed by atoms with Gasteiger partial charge >= 0.3 is 0 Å². The first kappa shape index (κ1) is 16.1. The van der Waals surface area contributed by atoms with Crippen LogP contribution in [0.2, 0.25) is 0 Å². The number of piperazine rings is 1. The largest absolute Gasteiger partial charge is 0.333 e. The van der Waals surface area contributed by atoms with Gasteiger partial charge in [0.1, 0.15) is 23.8 Å². The SMILES string of the molecule is O=C(C1CCn2cnnc2C1)N1CCNCC1c1cc(F)ccc1F. The van der Waals surface area contributed by atoms with E-state index >= 15 is 0 Å². The number of benzene rings is 1. The number of fused-ring (bicyclic) bond motifs is 1. The van der Waals surface area contributed by atoms with Gasteiger partial charge in [0.05, 0.1) is 6.04 Å². The van der Waals surface area contributed by atoms with Crippen molar-refractivity contribution in [1.29, 1.82) is 0 Å². The minimum absolute atomic E-state index is 0.0237. The van der Waals surface area contributed by atoms with Gasteiger partial charge in [-0.15, -0.1) is 10.2 Å². The van der Waals surface area contributed by atoms with E-state index < -0.39 is 17.7 Å². The standard InChI is InChI=1S/C17H19F2N5O/c18-12-1-2-14(19)13(8-12)15-9-20-4-6-24(15)17(25)11-3-5-23-10-21-22-16(23)7-11/h1-2,8,10-11,15,20H,3-7,9H2. The number of nitrogens with one attached hydrogen (secondary N) is 1. The summed E-state index contributed by atoms with van der Waals surface area (Å²) in [6.07, 6.45) is 2.90. The van der Waals surface area contributed by atoms with E-state index in [2.05, 4.69) is 15.5 Å². The van der Waals surface area contributed by atoms with E-state index in [-0.39, 0.29) is 17.4 Å². The molecule has 8 heteroatoms. The molecule has 1 aromatic carbocycles. The molecule has 2 atom stereocenters. The quantitative estimate of drug-likeness (QED) is 0.889. The lowest BCUT2D eigenvalue weighted by atomic mass is 9.93. The molecule has 0 aliphatic carbocycles. The lowest BCUT2D eigenvalue weighted by Gasteiger charge is -2.39. The molecule has 0 spiro atoms. The molecule has 2 aliphatic heterocycles. The number of nitrogens with zero attached hydrogens (tertiary/aromatic N) is 4. The molecule has 2 aliphatic rings.